The molecule has 0 aromatic carbocycles. The van der Waals surface area contributed by atoms with Crippen LogP contribution in [0.25, 0.3) is 5.78 Å². The van der Waals surface area contributed by atoms with E-state index in [4.69, 9.17) is 11.6 Å². The minimum Gasteiger partial charge on any atom is -0.220 e. The molecule has 4 nitrogen and oxygen atoms in total. The molecule has 3 rings (SSSR count). The Morgan fingerprint density at radius 2 is 2.31 bits per heavy atom. The van der Waals surface area contributed by atoms with Gasteiger partial charge in [-0.25, -0.2) is 4.98 Å². The lowest BCUT2D eigenvalue weighted by Gasteiger charge is -1.90. The summed E-state index contributed by atoms with van der Waals surface area (Å²) in [5.74, 6) is 2.01. The van der Waals surface area contributed by atoms with Gasteiger partial charge in [-0.1, -0.05) is 11.6 Å². The molecule has 0 unspecified atom stereocenters. The highest BCUT2D eigenvalue weighted by molar-refractivity contribution is 6.29. The van der Waals surface area contributed by atoms with Gasteiger partial charge in [0.25, 0.3) is 5.78 Å². The first kappa shape index (κ1) is 7.26. The topological polar surface area (TPSA) is 43.1 Å². The maximum Gasteiger partial charge on any atom is 0.253 e. The molecule has 13 heavy (non-hydrogen) atoms. The van der Waals surface area contributed by atoms with Crippen LogP contribution in [0.5, 0.6) is 0 Å². The first-order valence-electron chi connectivity index (χ1n) is 4.22. The van der Waals surface area contributed by atoms with Crippen LogP contribution in [0, 0.1) is 0 Å². The molecule has 0 radical (unpaired) electrons. The third-order valence-electron chi connectivity index (χ3n) is 2.15. The van der Waals surface area contributed by atoms with Crippen LogP contribution in [0.3, 0.4) is 0 Å². The Labute approximate surface area is 79.6 Å². The minimum absolute atomic E-state index is 0.540. The first-order chi connectivity index (χ1) is 6.34. The Kier molecular flexibility index (Phi) is 1.35. The third-order valence-corrected chi connectivity index (χ3v) is 2.44. The molecule has 2 aromatic rings. The van der Waals surface area contributed by atoms with Crippen LogP contribution >= 0.6 is 11.6 Å². The largest absolute Gasteiger partial charge is 0.253 e. The summed E-state index contributed by atoms with van der Waals surface area (Å²) in [6.45, 7) is 0. The lowest BCUT2D eigenvalue weighted by Crippen LogP contribution is -1.91. The highest BCUT2D eigenvalue weighted by Gasteiger charge is 2.28. The third kappa shape index (κ3) is 1.09. The Balaban J connectivity index is 2.26. The number of fused-ring (bicyclic) bond motifs is 1. The van der Waals surface area contributed by atoms with Gasteiger partial charge in [0.2, 0.25) is 0 Å². The van der Waals surface area contributed by atoms with Gasteiger partial charge < -0.3 is 0 Å². The van der Waals surface area contributed by atoms with Gasteiger partial charge in [0.05, 0.1) is 0 Å². The molecule has 1 fully saturated rings. The van der Waals surface area contributed by atoms with Crippen LogP contribution in [0.1, 0.15) is 24.6 Å². The number of hydrogen-bond donors (Lipinski definition) is 0. The second-order valence-corrected chi connectivity index (χ2v) is 3.61. The molecule has 1 aliphatic carbocycles. The average molecular weight is 195 g/mol. The fraction of sp³-hybridized carbons (Fsp3) is 0.375. The Bertz CT molecular complexity index is 460. The van der Waals surface area contributed by atoms with Crippen molar-refractivity contribution in [1.29, 1.82) is 0 Å². The molecule has 2 aromatic heterocycles. The van der Waals surface area contributed by atoms with Crippen molar-refractivity contribution in [2.24, 2.45) is 0 Å². The standard InChI is InChI=1S/C8H7ClN4/c9-6-3-4-10-8-11-7(5-1-2-5)12-13(6)8/h3-5H,1-2H2. The summed E-state index contributed by atoms with van der Waals surface area (Å²) in [6.07, 6.45) is 4.02. The molecular formula is C8H7ClN4. The van der Waals surface area contributed by atoms with Crippen LogP contribution in [-0.4, -0.2) is 19.6 Å². The number of nitrogens with zero attached hydrogens (tertiary/aromatic N) is 4. The summed E-state index contributed by atoms with van der Waals surface area (Å²) in [4.78, 5) is 8.37. The van der Waals surface area contributed by atoms with Crippen LogP contribution < -0.4 is 0 Å². The molecule has 0 N–H and O–H groups in total. The zero-order valence-electron chi connectivity index (χ0n) is 6.81. The Morgan fingerprint density at radius 1 is 1.46 bits per heavy atom. The Morgan fingerprint density at radius 3 is 3.00 bits per heavy atom. The van der Waals surface area contributed by atoms with Crippen molar-refractivity contribution >= 4 is 17.4 Å². The molecule has 0 atom stereocenters. The normalized spacial score (nSPS) is 16.7. The van der Waals surface area contributed by atoms with Gasteiger partial charge in [-0.2, -0.15) is 9.50 Å². The van der Waals surface area contributed by atoms with Crippen LogP contribution in [0.2, 0.25) is 5.15 Å². The molecule has 66 valence electrons. The van der Waals surface area contributed by atoms with Crippen molar-refractivity contribution in [3.05, 3.63) is 23.2 Å². The molecule has 1 aliphatic rings. The van der Waals surface area contributed by atoms with Crippen molar-refractivity contribution in [3.63, 3.8) is 0 Å². The van der Waals surface area contributed by atoms with Gasteiger partial charge in [-0.3, -0.25) is 0 Å². The molecule has 1 saturated carbocycles. The van der Waals surface area contributed by atoms with E-state index < -0.39 is 0 Å². The van der Waals surface area contributed by atoms with E-state index in [1.54, 1.807) is 16.8 Å². The molecule has 5 heteroatoms. The minimum atomic E-state index is 0.540. The zero-order chi connectivity index (χ0) is 8.84. The number of rotatable bonds is 1. The second kappa shape index (κ2) is 2.42. The van der Waals surface area contributed by atoms with E-state index in [0.717, 1.165) is 5.82 Å². The summed E-state index contributed by atoms with van der Waals surface area (Å²) in [6, 6.07) is 1.71. The van der Waals surface area contributed by atoms with Crippen molar-refractivity contribution in [2.45, 2.75) is 18.8 Å². The van der Waals surface area contributed by atoms with Gasteiger partial charge >= 0.3 is 0 Å². The lowest BCUT2D eigenvalue weighted by molar-refractivity contribution is 0.873. The monoisotopic (exact) mass is 194 g/mol. The SMILES string of the molecule is Clc1ccnc2nc(C3CC3)nn12. The number of halogens is 1. The van der Waals surface area contributed by atoms with E-state index in [-0.39, 0.29) is 0 Å². The van der Waals surface area contributed by atoms with E-state index in [0.29, 0.717) is 16.8 Å². The van der Waals surface area contributed by atoms with Crippen molar-refractivity contribution in [2.75, 3.05) is 0 Å². The predicted octanol–water partition coefficient (Wildman–Crippen LogP) is 1.66. The van der Waals surface area contributed by atoms with Crippen molar-refractivity contribution < 1.29 is 0 Å². The van der Waals surface area contributed by atoms with Gasteiger partial charge in [-0.15, -0.1) is 5.10 Å². The van der Waals surface area contributed by atoms with E-state index >= 15 is 0 Å². The second-order valence-electron chi connectivity index (χ2n) is 3.22. The van der Waals surface area contributed by atoms with Gasteiger partial charge in [0, 0.05) is 12.1 Å². The van der Waals surface area contributed by atoms with Crippen molar-refractivity contribution in [1.82, 2.24) is 19.6 Å². The average Bonchev–Trinajstić information content (AvgIpc) is 2.87. The molecule has 0 aliphatic heterocycles. The lowest BCUT2D eigenvalue weighted by atomic mass is 10.4. The zero-order valence-corrected chi connectivity index (χ0v) is 7.57. The molecule has 2 heterocycles. The van der Waals surface area contributed by atoms with E-state index in [9.17, 15) is 0 Å². The first-order valence-corrected chi connectivity index (χ1v) is 4.59. The highest BCUT2D eigenvalue weighted by Crippen LogP contribution is 2.38. The molecule has 0 saturated heterocycles. The van der Waals surface area contributed by atoms with Crippen molar-refractivity contribution in [3.8, 4) is 0 Å². The van der Waals surface area contributed by atoms with Crippen LogP contribution in [-0.2, 0) is 0 Å². The molecule has 0 amide bonds. The quantitative estimate of drug-likeness (QED) is 0.649. The summed E-state index contributed by atoms with van der Waals surface area (Å²) >= 11 is 5.92. The summed E-state index contributed by atoms with van der Waals surface area (Å²) in [5, 5.41) is 4.85. The van der Waals surface area contributed by atoms with Gasteiger partial charge in [0.15, 0.2) is 5.82 Å². The highest BCUT2D eigenvalue weighted by atomic mass is 35.5. The number of aromatic nitrogens is 4. The molecule has 0 bridgehead atoms. The van der Waals surface area contributed by atoms with E-state index in [1.807, 2.05) is 0 Å². The van der Waals surface area contributed by atoms with Crippen LogP contribution in [0.4, 0.5) is 0 Å². The van der Waals surface area contributed by atoms with E-state index in [1.165, 1.54) is 12.8 Å². The summed E-state index contributed by atoms with van der Waals surface area (Å²) in [5.41, 5.74) is 0. The van der Waals surface area contributed by atoms with Gasteiger partial charge in [-0.05, 0) is 18.9 Å². The predicted molar refractivity (Wildman–Crippen MR) is 47.8 cm³/mol. The van der Waals surface area contributed by atoms with Gasteiger partial charge in [0.1, 0.15) is 5.15 Å². The fourth-order valence-corrected chi connectivity index (χ4v) is 1.47. The van der Waals surface area contributed by atoms with Crippen LogP contribution in [0.15, 0.2) is 12.3 Å². The Hall–Kier alpha value is -1.16. The maximum absolute atomic E-state index is 5.92. The van der Waals surface area contributed by atoms with E-state index in [2.05, 4.69) is 15.1 Å². The molecule has 0 spiro atoms. The number of hydrogen-bond acceptors (Lipinski definition) is 3. The smallest absolute Gasteiger partial charge is 0.220 e. The summed E-state index contributed by atoms with van der Waals surface area (Å²) in [7, 11) is 0. The summed E-state index contributed by atoms with van der Waals surface area (Å²) < 4.78 is 1.58. The molecular weight excluding hydrogens is 188 g/mol. The fourth-order valence-electron chi connectivity index (χ4n) is 1.30. The maximum atomic E-state index is 5.92.